The van der Waals surface area contributed by atoms with Crippen LogP contribution in [-0.2, 0) is 7.05 Å². The van der Waals surface area contributed by atoms with Gasteiger partial charge in [-0.15, -0.1) is 0 Å². The van der Waals surface area contributed by atoms with E-state index in [-0.39, 0.29) is 0 Å². The number of aryl methyl sites for hydroxylation is 1. The molecule has 5 aromatic rings. The zero-order chi connectivity index (χ0) is 15.4. The summed E-state index contributed by atoms with van der Waals surface area (Å²) in [4.78, 5) is 4.34. The Morgan fingerprint density at radius 2 is 1.83 bits per heavy atom. The van der Waals surface area contributed by atoms with E-state index in [1.54, 1.807) is 6.20 Å². The highest BCUT2D eigenvalue weighted by molar-refractivity contribution is 6.06. The van der Waals surface area contributed by atoms with Crippen LogP contribution >= 0.6 is 0 Å². The Bertz CT molecular complexity index is 1180. The van der Waals surface area contributed by atoms with Crippen LogP contribution in [0.5, 0.6) is 0 Å². The van der Waals surface area contributed by atoms with E-state index in [4.69, 9.17) is 4.42 Å². The van der Waals surface area contributed by atoms with Crippen molar-refractivity contribution in [3.05, 3.63) is 67.1 Å². The van der Waals surface area contributed by atoms with Crippen LogP contribution in [0.1, 0.15) is 0 Å². The second kappa shape index (κ2) is 4.43. The van der Waals surface area contributed by atoms with Gasteiger partial charge in [-0.2, -0.15) is 4.57 Å². The van der Waals surface area contributed by atoms with Crippen LogP contribution in [0, 0.1) is 0 Å². The van der Waals surface area contributed by atoms with Crippen molar-refractivity contribution in [1.82, 2.24) is 9.55 Å². The third kappa shape index (κ3) is 1.66. The summed E-state index contributed by atoms with van der Waals surface area (Å²) < 4.78 is 10.3. The van der Waals surface area contributed by atoms with E-state index in [1.807, 2.05) is 12.1 Å². The standard InChI is InChI=1S/C19H14N3O/c1-21-12-22(16-9-3-2-8-15(16)21)17-10-4-6-13-14-7-5-11-20-19(14)23-18(13)17/h2-12H,1H3/q+1. The largest absolute Gasteiger partial charge is 0.433 e. The molecule has 0 bridgehead atoms. The molecule has 0 aliphatic heterocycles. The first-order valence-corrected chi connectivity index (χ1v) is 7.55. The molecule has 4 nitrogen and oxygen atoms in total. The van der Waals surface area contributed by atoms with Gasteiger partial charge in [0.15, 0.2) is 22.3 Å². The van der Waals surface area contributed by atoms with E-state index in [0.29, 0.717) is 5.71 Å². The second-order valence-electron chi connectivity index (χ2n) is 5.70. The zero-order valence-corrected chi connectivity index (χ0v) is 12.6. The molecule has 0 saturated heterocycles. The van der Waals surface area contributed by atoms with Crippen molar-refractivity contribution in [3.8, 4) is 5.69 Å². The molecule has 0 spiro atoms. The van der Waals surface area contributed by atoms with Gasteiger partial charge in [0.25, 0.3) is 0 Å². The predicted molar refractivity (Wildman–Crippen MR) is 89.5 cm³/mol. The lowest BCUT2D eigenvalue weighted by molar-refractivity contribution is -0.645. The Balaban J connectivity index is 1.92. The maximum Gasteiger partial charge on any atom is 0.249 e. The van der Waals surface area contributed by atoms with Gasteiger partial charge in [-0.3, -0.25) is 0 Å². The Labute approximate surface area is 132 Å². The minimum Gasteiger partial charge on any atom is -0.433 e. The maximum absolute atomic E-state index is 6.05. The number of fused-ring (bicyclic) bond motifs is 4. The summed E-state index contributed by atoms with van der Waals surface area (Å²) in [5.74, 6) is 0. The van der Waals surface area contributed by atoms with E-state index in [2.05, 4.69) is 70.0 Å². The van der Waals surface area contributed by atoms with E-state index >= 15 is 0 Å². The molecule has 3 aromatic heterocycles. The van der Waals surface area contributed by atoms with Gasteiger partial charge in [-0.05, 0) is 30.3 Å². The highest BCUT2D eigenvalue weighted by Crippen LogP contribution is 2.32. The minimum atomic E-state index is 0.677. The predicted octanol–water partition coefficient (Wildman–Crippen LogP) is 3.75. The van der Waals surface area contributed by atoms with Crippen LogP contribution in [-0.4, -0.2) is 9.55 Å². The van der Waals surface area contributed by atoms with Crippen LogP contribution in [0.2, 0.25) is 0 Å². The third-order valence-corrected chi connectivity index (χ3v) is 4.32. The Hall–Kier alpha value is -3.14. The molecule has 4 heteroatoms. The minimum absolute atomic E-state index is 0.677. The molecule has 0 radical (unpaired) electrons. The smallest absolute Gasteiger partial charge is 0.249 e. The zero-order valence-electron chi connectivity index (χ0n) is 12.6. The van der Waals surface area contributed by atoms with Gasteiger partial charge in [0, 0.05) is 17.0 Å². The summed E-state index contributed by atoms with van der Waals surface area (Å²) in [6.45, 7) is 0. The fourth-order valence-corrected chi connectivity index (χ4v) is 3.26. The molecule has 0 amide bonds. The maximum atomic E-state index is 6.05. The Kier molecular flexibility index (Phi) is 2.39. The van der Waals surface area contributed by atoms with Gasteiger partial charge in [0.1, 0.15) is 0 Å². The average molecular weight is 300 g/mol. The van der Waals surface area contributed by atoms with E-state index < -0.39 is 0 Å². The van der Waals surface area contributed by atoms with E-state index in [1.165, 1.54) is 5.52 Å². The van der Waals surface area contributed by atoms with E-state index in [0.717, 1.165) is 27.6 Å². The lowest BCUT2D eigenvalue weighted by atomic mass is 10.1. The summed E-state index contributed by atoms with van der Waals surface area (Å²) in [6.07, 6.45) is 3.84. The molecule has 110 valence electrons. The topological polar surface area (TPSA) is 34.8 Å². The van der Waals surface area contributed by atoms with Gasteiger partial charge in [0.05, 0.1) is 7.05 Å². The van der Waals surface area contributed by atoms with Crippen molar-refractivity contribution >= 4 is 33.1 Å². The molecule has 0 aliphatic carbocycles. The molecular formula is C19H14N3O+. The van der Waals surface area contributed by atoms with Gasteiger partial charge >= 0.3 is 0 Å². The number of hydrogen-bond acceptors (Lipinski definition) is 2. The van der Waals surface area contributed by atoms with Crippen molar-refractivity contribution in [2.75, 3.05) is 0 Å². The van der Waals surface area contributed by atoms with Crippen LogP contribution in [0.15, 0.2) is 71.5 Å². The molecule has 0 unspecified atom stereocenters. The molecule has 2 aromatic carbocycles. The summed E-state index contributed by atoms with van der Waals surface area (Å²) in [5, 5.41) is 2.14. The molecule has 3 heterocycles. The lowest BCUT2D eigenvalue weighted by Gasteiger charge is -1.98. The summed E-state index contributed by atoms with van der Waals surface area (Å²) in [6, 6.07) is 18.6. The number of pyridine rings is 1. The average Bonchev–Trinajstić information content (AvgIpc) is 3.13. The first-order chi connectivity index (χ1) is 11.3. The third-order valence-electron chi connectivity index (χ3n) is 4.32. The van der Waals surface area contributed by atoms with Gasteiger partial charge in [-0.1, -0.05) is 24.3 Å². The Morgan fingerprint density at radius 3 is 2.78 bits per heavy atom. The van der Waals surface area contributed by atoms with Crippen molar-refractivity contribution < 1.29 is 8.98 Å². The summed E-state index contributed by atoms with van der Waals surface area (Å²) in [7, 11) is 2.05. The van der Waals surface area contributed by atoms with Crippen molar-refractivity contribution in [3.63, 3.8) is 0 Å². The molecule has 0 fully saturated rings. The Morgan fingerprint density at radius 1 is 0.957 bits per heavy atom. The van der Waals surface area contributed by atoms with Crippen molar-refractivity contribution in [2.24, 2.45) is 7.05 Å². The van der Waals surface area contributed by atoms with Crippen LogP contribution in [0.25, 0.3) is 38.8 Å². The van der Waals surface area contributed by atoms with Gasteiger partial charge in [0.2, 0.25) is 12.0 Å². The molecule has 0 atom stereocenters. The van der Waals surface area contributed by atoms with Crippen LogP contribution in [0.3, 0.4) is 0 Å². The first kappa shape index (κ1) is 12.4. The lowest BCUT2D eigenvalue weighted by Crippen LogP contribution is -2.25. The van der Waals surface area contributed by atoms with Crippen molar-refractivity contribution in [1.29, 1.82) is 0 Å². The number of imidazole rings is 1. The fraction of sp³-hybridized carbons (Fsp3) is 0.0526. The SMILES string of the molecule is C[n+]1cn(-c2cccc3c2oc2ncccc23)c2ccccc21. The fourth-order valence-electron chi connectivity index (χ4n) is 3.26. The number of rotatable bonds is 1. The van der Waals surface area contributed by atoms with Crippen LogP contribution in [0.4, 0.5) is 0 Å². The molecular weight excluding hydrogens is 286 g/mol. The van der Waals surface area contributed by atoms with Gasteiger partial charge < -0.3 is 4.42 Å². The normalized spacial score (nSPS) is 11.7. The van der Waals surface area contributed by atoms with Crippen LogP contribution < -0.4 is 4.57 Å². The monoisotopic (exact) mass is 300 g/mol. The molecule has 0 saturated carbocycles. The first-order valence-electron chi connectivity index (χ1n) is 7.55. The number of benzene rings is 2. The van der Waals surface area contributed by atoms with E-state index in [9.17, 15) is 0 Å². The number of furan rings is 1. The quantitative estimate of drug-likeness (QED) is 0.442. The number of para-hydroxylation sites is 3. The molecule has 23 heavy (non-hydrogen) atoms. The number of hydrogen-bond donors (Lipinski definition) is 0. The number of aromatic nitrogens is 3. The molecule has 0 aliphatic rings. The highest BCUT2D eigenvalue weighted by atomic mass is 16.3. The highest BCUT2D eigenvalue weighted by Gasteiger charge is 2.19. The number of nitrogens with zero attached hydrogens (tertiary/aromatic N) is 3. The summed E-state index contributed by atoms with van der Waals surface area (Å²) in [5.41, 5.74) is 4.89. The summed E-state index contributed by atoms with van der Waals surface area (Å²) >= 11 is 0. The van der Waals surface area contributed by atoms with Crippen molar-refractivity contribution in [2.45, 2.75) is 0 Å². The molecule has 5 rings (SSSR count). The molecule has 0 N–H and O–H groups in total. The van der Waals surface area contributed by atoms with Gasteiger partial charge in [-0.25, -0.2) is 9.55 Å². The second-order valence-corrected chi connectivity index (χ2v) is 5.70.